The van der Waals surface area contributed by atoms with Crippen LogP contribution in [0.4, 0.5) is 0 Å². The molecule has 114 valence electrons. The largest absolute Gasteiger partial charge is 0.306 e. The van der Waals surface area contributed by atoms with Crippen LogP contribution in [-0.2, 0) is 13.1 Å². The second-order valence-corrected chi connectivity index (χ2v) is 7.16. The van der Waals surface area contributed by atoms with Gasteiger partial charge in [-0.25, -0.2) is 0 Å². The Morgan fingerprint density at radius 1 is 1.19 bits per heavy atom. The minimum Gasteiger partial charge on any atom is -0.306 e. The molecule has 0 aliphatic heterocycles. The molecule has 0 amide bonds. The van der Waals surface area contributed by atoms with Crippen molar-refractivity contribution < 1.29 is 0 Å². The number of pyridine rings is 1. The van der Waals surface area contributed by atoms with Crippen molar-refractivity contribution in [1.29, 1.82) is 0 Å². The first-order chi connectivity index (χ1) is 9.76. The predicted molar refractivity (Wildman–Crippen MR) is 89.3 cm³/mol. The Labute approximate surface area is 135 Å². The van der Waals surface area contributed by atoms with E-state index in [9.17, 15) is 0 Å². The molecule has 0 aliphatic carbocycles. The summed E-state index contributed by atoms with van der Waals surface area (Å²) in [6, 6.07) is 6.16. The first-order valence-electron chi connectivity index (χ1n) is 7.15. The van der Waals surface area contributed by atoms with Gasteiger partial charge >= 0.3 is 0 Å². The number of hydrogen-bond donors (Lipinski definition) is 1. The molecule has 0 spiro atoms. The Morgan fingerprint density at radius 3 is 2.43 bits per heavy atom. The van der Waals surface area contributed by atoms with Crippen LogP contribution in [0.1, 0.15) is 43.5 Å². The Hall–Kier alpha value is -1.20. The third-order valence-corrected chi connectivity index (χ3v) is 4.42. The summed E-state index contributed by atoms with van der Waals surface area (Å²) in [7, 11) is 0. The molecule has 0 unspecified atom stereocenters. The van der Waals surface area contributed by atoms with E-state index in [4.69, 9.17) is 4.98 Å². The fraction of sp³-hybridized carbons (Fsp3) is 0.500. The molecule has 1 N–H and O–H groups in total. The van der Waals surface area contributed by atoms with Crippen LogP contribution in [-0.4, -0.2) is 20.3 Å². The normalized spacial score (nSPS) is 11.9. The number of rotatable bonds is 4. The van der Waals surface area contributed by atoms with Crippen molar-refractivity contribution in [3.63, 3.8) is 0 Å². The Kier molecular flexibility index (Phi) is 4.84. The quantitative estimate of drug-likeness (QED) is 0.915. The van der Waals surface area contributed by atoms with E-state index in [2.05, 4.69) is 66.2 Å². The lowest BCUT2D eigenvalue weighted by Crippen LogP contribution is -2.35. The number of aromatic nitrogens is 3. The van der Waals surface area contributed by atoms with Gasteiger partial charge in [0, 0.05) is 12.1 Å². The van der Waals surface area contributed by atoms with E-state index in [1.807, 2.05) is 17.7 Å². The lowest BCUT2D eigenvalue weighted by atomic mass is 10.1. The molecule has 21 heavy (non-hydrogen) atoms. The van der Waals surface area contributed by atoms with E-state index >= 15 is 0 Å². The number of halogens is 1. The van der Waals surface area contributed by atoms with Gasteiger partial charge in [-0.3, -0.25) is 9.67 Å². The summed E-state index contributed by atoms with van der Waals surface area (Å²) in [5, 5.41) is 8.00. The molecule has 2 rings (SSSR count). The first kappa shape index (κ1) is 16.2. The van der Waals surface area contributed by atoms with Crippen LogP contribution in [0.3, 0.4) is 0 Å². The smallest absolute Gasteiger partial charge is 0.0835 e. The highest BCUT2D eigenvalue weighted by Gasteiger charge is 2.11. The lowest BCUT2D eigenvalue weighted by molar-refractivity contribution is 0.421. The van der Waals surface area contributed by atoms with Crippen LogP contribution in [0.2, 0.25) is 0 Å². The lowest BCUT2D eigenvalue weighted by Gasteiger charge is -2.20. The molecule has 0 saturated carbocycles. The zero-order chi connectivity index (χ0) is 15.6. The standard InChI is InChI=1S/C16H23BrN4/c1-11-15(17)12(2)21(20-11)10-14-8-6-7-13(19-14)9-18-16(3,4)5/h6-8,18H,9-10H2,1-5H3. The summed E-state index contributed by atoms with van der Waals surface area (Å²) in [6.07, 6.45) is 0. The van der Waals surface area contributed by atoms with Gasteiger partial charge in [-0.1, -0.05) is 6.07 Å². The van der Waals surface area contributed by atoms with Crippen molar-refractivity contribution in [1.82, 2.24) is 20.1 Å². The average molecular weight is 351 g/mol. The molecule has 5 heteroatoms. The molecule has 2 aromatic heterocycles. The molecular formula is C16H23BrN4. The number of nitrogens with one attached hydrogen (secondary N) is 1. The second-order valence-electron chi connectivity index (χ2n) is 6.37. The van der Waals surface area contributed by atoms with Gasteiger partial charge in [0.1, 0.15) is 0 Å². The van der Waals surface area contributed by atoms with E-state index in [0.717, 1.165) is 33.8 Å². The van der Waals surface area contributed by atoms with Crippen molar-refractivity contribution in [3.8, 4) is 0 Å². The molecule has 4 nitrogen and oxygen atoms in total. The zero-order valence-corrected chi connectivity index (χ0v) is 15.0. The Bertz CT molecular complexity index is 626. The SMILES string of the molecule is Cc1nn(Cc2cccc(CNC(C)(C)C)n2)c(C)c1Br. The van der Waals surface area contributed by atoms with Gasteiger partial charge in [-0.2, -0.15) is 5.10 Å². The van der Waals surface area contributed by atoms with Crippen LogP contribution in [0, 0.1) is 13.8 Å². The molecule has 0 aromatic carbocycles. The minimum atomic E-state index is 0.0955. The highest BCUT2D eigenvalue weighted by Crippen LogP contribution is 2.20. The fourth-order valence-corrected chi connectivity index (χ4v) is 2.34. The van der Waals surface area contributed by atoms with E-state index in [1.165, 1.54) is 0 Å². The third-order valence-electron chi connectivity index (χ3n) is 3.27. The maximum Gasteiger partial charge on any atom is 0.0835 e. The molecule has 0 aliphatic rings. The molecule has 0 fully saturated rings. The van der Waals surface area contributed by atoms with Gasteiger partial charge in [0.2, 0.25) is 0 Å². The molecule has 0 radical (unpaired) electrons. The van der Waals surface area contributed by atoms with E-state index in [0.29, 0.717) is 6.54 Å². The summed E-state index contributed by atoms with van der Waals surface area (Å²) >= 11 is 3.56. The van der Waals surface area contributed by atoms with Gasteiger partial charge < -0.3 is 5.32 Å². The molecule has 0 bridgehead atoms. The molecule has 2 heterocycles. The van der Waals surface area contributed by atoms with Crippen LogP contribution in [0.25, 0.3) is 0 Å². The van der Waals surface area contributed by atoms with Gasteiger partial charge in [-0.05, 0) is 62.7 Å². The highest BCUT2D eigenvalue weighted by molar-refractivity contribution is 9.10. The van der Waals surface area contributed by atoms with E-state index < -0.39 is 0 Å². The van der Waals surface area contributed by atoms with Crippen LogP contribution in [0.5, 0.6) is 0 Å². The van der Waals surface area contributed by atoms with Crippen LogP contribution < -0.4 is 5.32 Å². The van der Waals surface area contributed by atoms with Gasteiger partial charge in [0.25, 0.3) is 0 Å². The van der Waals surface area contributed by atoms with E-state index in [-0.39, 0.29) is 5.54 Å². The first-order valence-corrected chi connectivity index (χ1v) is 7.95. The summed E-state index contributed by atoms with van der Waals surface area (Å²) in [5.41, 5.74) is 4.33. The zero-order valence-electron chi connectivity index (χ0n) is 13.4. The van der Waals surface area contributed by atoms with Crippen molar-refractivity contribution in [3.05, 3.63) is 45.4 Å². The van der Waals surface area contributed by atoms with Crippen LogP contribution in [0.15, 0.2) is 22.7 Å². The summed E-state index contributed by atoms with van der Waals surface area (Å²) in [5.74, 6) is 0. The van der Waals surface area contributed by atoms with Crippen molar-refractivity contribution in [2.45, 2.75) is 53.2 Å². The van der Waals surface area contributed by atoms with Gasteiger partial charge in [0.15, 0.2) is 0 Å². The highest BCUT2D eigenvalue weighted by atomic mass is 79.9. The monoisotopic (exact) mass is 350 g/mol. The third kappa shape index (κ3) is 4.38. The topological polar surface area (TPSA) is 42.7 Å². The van der Waals surface area contributed by atoms with E-state index in [1.54, 1.807) is 0 Å². The Balaban J connectivity index is 2.12. The van der Waals surface area contributed by atoms with Crippen molar-refractivity contribution in [2.75, 3.05) is 0 Å². The van der Waals surface area contributed by atoms with Gasteiger partial charge in [0.05, 0.1) is 33.8 Å². The molecule has 0 saturated heterocycles. The predicted octanol–water partition coefficient (Wildman–Crippen LogP) is 3.59. The number of nitrogens with zero attached hydrogens (tertiary/aromatic N) is 3. The minimum absolute atomic E-state index is 0.0955. The van der Waals surface area contributed by atoms with Gasteiger partial charge in [-0.15, -0.1) is 0 Å². The van der Waals surface area contributed by atoms with Crippen molar-refractivity contribution >= 4 is 15.9 Å². The fourth-order valence-electron chi connectivity index (χ4n) is 2.05. The summed E-state index contributed by atoms with van der Waals surface area (Å²) < 4.78 is 3.07. The maximum absolute atomic E-state index is 4.71. The summed E-state index contributed by atoms with van der Waals surface area (Å²) in [4.78, 5) is 4.71. The second kappa shape index (κ2) is 6.28. The number of hydrogen-bond acceptors (Lipinski definition) is 3. The van der Waals surface area contributed by atoms with Crippen LogP contribution >= 0.6 is 15.9 Å². The molecule has 2 aromatic rings. The average Bonchev–Trinajstić information content (AvgIpc) is 2.64. The Morgan fingerprint density at radius 2 is 1.86 bits per heavy atom. The molecular weight excluding hydrogens is 328 g/mol. The molecule has 0 atom stereocenters. The summed E-state index contributed by atoms with van der Waals surface area (Å²) in [6.45, 7) is 12.0. The van der Waals surface area contributed by atoms with Crippen molar-refractivity contribution in [2.24, 2.45) is 0 Å². The number of aryl methyl sites for hydroxylation is 1. The maximum atomic E-state index is 4.71.